The first-order chi connectivity index (χ1) is 4.34. The molecule has 1 heteroatoms. The van der Waals surface area contributed by atoms with Gasteiger partial charge in [0.05, 0.1) is 0 Å². The summed E-state index contributed by atoms with van der Waals surface area (Å²) >= 11 is 5.53. The number of halogens is 1. The summed E-state index contributed by atoms with van der Waals surface area (Å²) in [4.78, 5) is 0. The van der Waals surface area contributed by atoms with Gasteiger partial charge >= 0.3 is 0 Å². The van der Waals surface area contributed by atoms with Gasteiger partial charge in [-0.2, -0.15) is 0 Å². The van der Waals surface area contributed by atoms with Gasteiger partial charge in [-0.15, -0.1) is 11.6 Å². The first-order valence-electron chi connectivity index (χ1n) is 3.57. The Balaban J connectivity index is 2.20. The lowest BCUT2D eigenvalue weighted by molar-refractivity contribution is 0.982. The van der Waals surface area contributed by atoms with Gasteiger partial charge in [-0.25, -0.2) is 0 Å². The van der Waals surface area contributed by atoms with Crippen molar-refractivity contribution in [3.8, 4) is 0 Å². The third kappa shape index (κ3) is 2.40. The zero-order valence-electron chi connectivity index (χ0n) is 5.86. The van der Waals surface area contributed by atoms with E-state index in [-0.39, 0.29) is 0 Å². The third-order valence-corrected chi connectivity index (χ3v) is 2.01. The lowest BCUT2D eigenvalue weighted by Gasteiger charge is -1.93. The van der Waals surface area contributed by atoms with Crippen LogP contribution in [0.5, 0.6) is 0 Å². The molecule has 0 heterocycles. The molecule has 1 rings (SSSR count). The van der Waals surface area contributed by atoms with Gasteiger partial charge in [-0.3, -0.25) is 0 Å². The van der Waals surface area contributed by atoms with Crippen LogP contribution in [-0.2, 0) is 0 Å². The smallest absolute Gasteiger partial charge is 0.0258 e. The molecule has 0 nitrogen and oxygen atoms in total. The van der Waals surface area contributed by atoms with E-state index in [4.69, 9.17) is 11.6 Å². The van der Waals surface area contributed by atoms with Crippen LogP contribution in [0.15, 0.2) is 11.6 Å². The average Bonchev–Trinajstić information content (AvgIpc) is 2.63. The van der Waals surface area contributed by atoms with Gasteiger partial charge in [-0.1, -0.05) is 11.6 Å². The predicted octanol–water partition coefficient (Wildman–Crippen LogP) is 2.97. The molecule has 1 saturated carbocycles. The molecule has 1 aliphatic rings. The second kappa shape index (κ2) is 3.26. The molecule has 0 aromatic heterocycles. The van der Waals surface area contributed by atoms with Crippen LogP contribution in [0.2, 0.25) is 0 Å². The maximum absolute atomic E-state index is 5.53. The second-order valence-corrected chi connectivity index (χ2v) is 3.08. The monoisotopic (exact) mass is 144 g/mol. The minimum absolute atomic E-state index is 0.768. The molecule has 0 aromatic rings. The Morgan fingerprint density at radius 3 is 2.78 bits per heavy atom. The lowest BCUT2D eigenvalue weighted by Crippen LogP contribution is -1.78. The van der Waals surface area contributed by atoms with Gasteiger partial charge in [0.25, 0.3) is 0 Å². The number of hydrogen-bond acceptors (Lipinski definition) is 0. The van der Waals surface area contributed by atoms with E-state index in [1.54, 1.807) is 5.57 Å². The van der Waals surface area contributed by atoms with Crippen molar-refractivity contribution < 1.29 is 0 Å². The standard InChI is InChI=1S/C8H13Cl/c1-7(3-2-6-9)8-4-5-8/h3,8H,2,4-6H2,1H3/b7-3-. The number of hydrogen-bond donors (Lipinski definition) is 0. The summed E-state index contributed by atoms with van der Waals surface area (Å²) in [6, 6.07) is 0. The molecule has 0 unspecified atom stereocenters. The molecule has 0 saturated heterocycles. The van der Waals surface area contributed by atoms with Crippen LogP contribution in [0.25, 0.3) is 0 Å². The van der Waals surface area contributed by atoms with Gasteiger partial charge in [0.1, 0.15) is 0 Å². The minimum atomic E-state index is 0.768. The average molecular weight is 145 g/mol. The van der Waals surface area contributed by atoms with Crippen molar-refractivity contribution >= 4 is 11.6 Å². The van der Waals surface area contributed by atoms with Crippen LogP contribution in [0.1, 0.15) is 26.2 Å². The molecule has 0 radical (unpaired) electrons. The maximum atomic E-state index is 5.53. The van der Waals surface area contributed by atoms with E-state index in [2.05, 4.69) is 13.0 Å². The SMILES string of the molecule is C/C(=C/CCCl)C1CC1. The molecule has 52 valence electrons. The van der Waals surface area contributed by atoms with Crippen molar-refractivity contribution in [3.05, 3.63) is 11.6 Å². The van der Waals surface area contributed by atoms with Gasteiger partial charge in [0.2, 0.25) is 0 Å². The Bertz CT molecular complexity index is 112. The number of alkyl halides is 1. The quantitative estimate of drug-likeness (QED) is 0.422. The van der Waals surface area contributed by atoms with Gasteiger partial charge in [-0.05, 0) is 32.1 Å². The summed E-state index contributed by atoms with van der Waals surface area (Å²) in [5.74, 6) is 1.69. The van der Waals surface area contributed by atoms with E-state index in [1.807, 2.05) is 0 Å². The molecule has 0 aliphatic heterocycles. The summed E-state index contributed by atoms with van der Waals surface area (Å²) < 4.78 is 0. The maximum Gasteiger partial charge on any atom is 0.0258 e. The predicted molar refractivity (Wildman–Crippen MR) is 41.8 cm³/mol. The van der Waals surface area contributed by atoms with Gasteiger partial charge < -0.3 is 0 Å². The van der Waals surface area contributed by atoms with Gasteiger partial charge in [0.15, 0.2) is 0 Å². The van der Waals surface area contributed by atoms with E-state index < -0.39 is 0 Å². The third-order valence-electron chi connectivity index (χ3n) is 1.80. The summed E-state index contributed by atoms with van der Waals surface area (Å²) in [5.41, 5.74) is 1.55. The second-order valence-electron chi connectivity index (χ2n) is 2.70. The first-order valence-corrected chi connectivity index (χ1v) is 4.10. The fourth-order valence-electron chi connectivity index (χ4n) is 0.988. The summed E-state index contributed by atoms with van der Waals surface area (Å²) in [6.07, 6.45) is 6.13. The van der Waals surface area contributed by atoms with Crippen molar-refractivity contribution in [2.45, 2.75) is 26.2 Å². The topological polar surface area (TPSA) is 0 Å². The highest BCUT2D eigenvalue weighted by Gasteiger charge is 2.22. The van der Waals surface area contributed by atoms with E-state index in [0.29, 0.717) is 0 Å². The highest BCUT2D eigenvalue weighted by atomic mass is 35.5. The van der Waals surface area contributed by atoms with Crippen LogP contribution in [-0.4, -0.2) is 5.88 Å². The molecule has 9 heavy (non-hydrogen) atoms. The van der Waals surface area contributed by atoms with Crippen molar-refractivity contribution in [1.29, 1.82) is 0 Å². The Hall–Kier alpha value is 0.0300. The molecular weight excluding hydrogens is 132 g/mol. The fourth-order valence-corrected chi connectivity index (χ4v) is 1.10. The van der Waals surface area contributed by atoms with Crippen LogP contribution in [0.4, 0.5) is 0 Å². The number of allylic oxidation sites excluding steroid dienone is 2. The van der Waals surface area contributed by atoms with E-state index in [0.717, 1.165) is 18.2 Å². The number of rotatable bonds is 3. The Kier molecular flexibility index (Phi) is 2.59. The zero-order chi connectivity index (χ0) is 6.69. The first kappa shape index (κ1) is 7.14. The summed E-state index contributed by atoms with van der Waals surface area (Å²) in [5, 5.41) is 0. The van der Waals surface area contributed by atoms with Crippen molar-refractivity contribution in [2.75, 3.05) is 5.88 Å². The van der Waals surface area contributed by atoms with Crippen LogP contribution < -0.4 is 0 Å². The highest BCUT2D eigenvalue weighted by Crippen LogP contribution is 2.36. The van der Waals surface area contributed by atoms with Crippen LogP contribution in [0, 0.1) is 5.92 Å². The molecular formula is C8H13Cl. The highest BCUT2D eigenvalue weighted by molar-refractivity contribution is 6.17. The lowest BCUT2D eigenvalue weighted by atomic mass is 10.2. The minimum Gasteiger partial charge on any atom is -0.126 e. The largest absolute Gasteiger partial charge is 0.126 e. The molecule has 0 N–H and O–H groups in total. The van der Waals surface area contributed by atoms with E-state index in [9.17, 15) is 0 Å². The van der Waals surface area contributed by atoms with Crippen LogP contribution in [0.3, 0.4) is 0 Å². The fraction of sp³-hybridized carbons (Fsp3) is 0.750. The Morgan fingerprint density at radius 2 is 2.33 bits per heavy atom. The van der Waals surface area contributed by atoms with E-state index in [1.165, 1.54) is 12.8 Å². The summed E-state index contributed by atoms with van der Waals surface area (Å²) in [6.45, 7) is 2.21. The van der Waals surface area contributed by atoms with Crippen molar-refractivity contribution in [2.24, 2.45) is 5.92 Å². The van der Waals surface area contributed by atoms with Crippen molar-refractivity contribution in [3.63, 3.8) is 0 Å². The molecule has 1 aliphatic carbocycles. The van der Waals surface area contributed by atoms with Crippen molar-refractivity contribution in [1.82, 2.24) is 0 Å². The Labute approximate surface area is 61.9 Å². The van der Waals surface area contributed by atoms with E-state index >= 15 is 0 Å². The molecule has 0 atom stereocenters. The van der Waals surface area contributed by atoms with Gasteiger partial charge in [0, 0.05) is 5.88 Å². The Morgan fingerprint density at radius 1 is 1.67 bits per heavy atom. The normalized spacial score (nSPS) is 20.4. The molecule has 0 spiro atoms. The summed E-state index contributed by atoms with van der Waals surface area (Å²) in [7, 11) is 0. The van der Waals surface area contributed by atoms with Crippen LogP contribution >= 0.6 is 11.6 Å². The molecule has 1 fully saturated rings. The molecule has 0 aromatic carbocycles. The molecule has 0 amide bonds. The molecule has 0 bridgehead atoms. The zero-order valence-corrected chi connectivity index (χ0v) is 6.62.